The number of hydrogen-bond donors (Lipinski definition) is 0. The Morgan fingerprint density at radius 2 is 1.24 bits per heavy atom. The van der Waals surface area contributed by atoms with Crippen LogP contribution in [-0.4, -0.2) is 51.8 Å². The number of methoxy groups -OCH3 is 3. The van der Waals surface area contributed by atoms with Crippen molar-refractivity contribution >= 4 is 18.2 Å². The summed E-state index contributed by atoms with van der Waals surface area (Å²) in [5.74, 6) is 0.786. The van der Waals surface area contributed by atoms with Gasteiger partial charge in [-0.05, 0) is 31.9 Å². The Morgan fingerprint density at radius 1 is 0.794 bits per heavy atom. The van der Waals surface area contributed by atoms with Gasteiger partial charge in [-0.15, -0.1) is 0 Å². The summed E-state index contributed by atoms with van der Waals surface area (Å²) in [5.41, 5.74) is -1.75. The minimum atomic E-state index is -4.25. The third kappa shape index (κ3) is 5.55. The molecule has 0 amide bonds. The minimum Gasteiger partial charge on any atom is -0.496 e. The third-order valence-corrected chi connectivity index (χ3v) is 8.01. The fraction of sp³-hybridized carbons (Fsp3) is 0.440. The lowest BCUT2D eigenvalue weighted by atomic mass is 10.2. The van der Waals surface area contributed by atoms with Crippen LogP contribution in [0.4, 0.5) is 0 Å². The van der Waals surface area contributed by atoms with Gasteiger partial charge >= 0.3 is 0 Å². The highest BCUT2D eigenvalue weighted by Crippen LogP contribution is 2.57. The van der Waals surface area contributed by atoms with Crippen molar-refractivity contribution < 1.29 is 37.8 Å². The maximum absolute atomic E-state index is 14.5. The van der Waals surface area contributed by atoms with Gasteiger partial charge in [-0.1, -0.05) is 19.9 Å². The molecule has 0 heterocycles. The van der Waals surface area contributed by atoms with Gasteiger partial charge in [0.15, 0.2) is 0 Å². The molecule has 0 fully saturated rings. The molecule has 0 aliphatic carbocycles. The lowest BCUT2D eigenvalue weighted by Crippen LogP contribution is -2.19. The quantitative estimate of drug-likeness (QED) is 0.338. The molecule has 0 aliphatic heterocycles. The molecule has 0 aromatic heterocycles. The highest BCUT2D eigenvalue weighted by Gasteiger charge is 2.46. The molecule has 0 N–H and O–H groups in total. The van der Waals surface area contributed by atoms with E-state index in [2.05, 4.69) is 0 Å². The molecule has 0 aliphatic rings. The van der Waals surface area contributed by atoms with Crippen LogP contribution in [0.25, 0.3) is 0 Å². The highest BCUT2D eigenvalue weighted by molar-refractivity contribution is 7.95. The highest BCUT2D eigenvalue weighted by atomic mass is 31.2. The van der Waals surface area contributed by atoms with Crippen LogP contribution in [0.2, 0.25) is 0 Å². The van der Waals surface area contributed by atoms with Crippen LogP contribution in [0, 0.1) is 5.92 Å². The van der Waals surface area contributed by atoms with Crippen molar-refractivity contribution in [3.8, 4) is 28.7 Å². The van der Waals surface area contributed by atoms with E-state index in [1.165, 1.54) is 33.5 Å². The summed E-state index contributed by atoms with van der Waals surface area (Å²) in [5, 5.41) is 0. The molecular formula is C25H33O8P. The Morgan fingerprint density at radius 3 is 1.59 bits per heavy atom. The van der Waals surface area contributed by atoms with Crippen LogP contribution < -0.4 is 23.7 Å². The first kappa shape index (κ1) is 27.3. The zero-order chi connectivity index (χ0) is 25.5. The molecule has 0 saturated heterocycles. The van der Waals surface area contributed by atoms with Gasteiger partial charge in [0, 0.05) is 18.3 Å². The fourth-order valence-electron chi connectivity index (χ4n) is 3.62. The lowest BCUT2D eigenvalue weighted by molar-refractivity contribution is 0.103. The fourth-order valence-corrected chi connectivity index (χ4v) is 6.33. The van der Waals surface area contributed by atoms with Crippen LogP contribution >= 0.6 is 7.14 Å². The summed E-state index contributed by atoms with van der Waals surface area (Å²) >= 11 is 0. The molecule has 0 radical (unpaired) electrons. The number of rotatable bonds is 13. The summed E-state index contributed by atoms with van der Waals surface area (Å²) in [6, 6.07) is 7.84. The van der Waals surface area contributed by atoms with Gasteiger partial charge in [-0.2, -0.15) is 0 Å². The minimum absolute atomic E-state index is 0.00465. The second-order valence-electron chi connectivity index (χ2n) is 7.83. The zero-order valence-corrected chi connectivity index (χ0v) is 21.7. The first-order valence-corrected chi connectivity index (χ1v) is 12.9. The van der Waals surface area contributed by atoms with Crippen molar-refractivity contribution in [1.82, 2.24) is 0 Å². The predicted molar refractivity (Wildman–Crippen MR) is 131 cm³/mol. The molecule has 1 atom stereocenters. The molecule has 9 heteroatoms. The van der Waals surface area contributed by atoms with Crippen molar-refractivity contribution in [2.45, 2.75) is 27.7 Å². The topological polar surface area (TPSA) is 97.4 Å². The van der Waals surface area contributed by atoms with Gasteiger partial charge in [0.05, 0.1) is 34.5 Å². The van der Waals surface area contributed by atoms with E-state index >= 15 is 0 Å². The van der Waals surface area contributed by atoms with Crippen molar-refractivity contribution in [3.63, 3.8) is 0 Å². The van der Waals surface area contributed by atoms with Gasteiger partial charge in [0.1, 0.15) is 39.9 Å². The smallest absolute Gasteiger partial charge is 0.236 e. The van der Waals surface area contributed by atoms with Gasteiger partial charge in [-0.3, -0.25) is 9.59 Å². The third-order valence-electron chi connectivity index (χ3n) is 5.01. The maximum atomic E-state index is 14.5. The molecule has 8 nitrogen and oxygen atoms in total. The monoisotopic (exact) mass is 492 g/mol. The normalized spacial score (nSPS) is 12.6. The van der Waals surface area contributed by atoms with E-state index in [9.17, 15) is 14.2 Å². The number of benzene rings is 2. The van der Waals surface area contributed by atoms with Crippen LogP contribution in [0.1, 0.15) is 48.4 Å². The first-order chi connectivity index (χ1) is 16.2. The number of hydrogen-bond acceptors (Lipinski definition) is 8. The summed E-state index contributed by atoms with van der Waals surface area (Å²) in [4.78, 5) is 27.9. The van der Waals surface area contributed by atoms with Crippen molar-refractivity contribution in [1.29, 1.82) is 0 Å². The van der Waals surface area contributed by atoms with E-state index in [0.717, 1.165) is 0 Å². The molecule has 0 saturated carbocycles. The van der Waals surface area contributed by atoms with E-state index in [0.29, 0.717) is 5.75 Å². The van der Waals surface area contributed by atoms with Crippen LogP contribution in [-0.2, 0) is 4.57 Å². The average Bonchev–Trinajstić information content (AvgIpc) is 2.82. The Labute approximate surface area is 200 Å². The number of ether oxygens (including phenoxy) is 5. The molecule has 186 valence electrons. The van der Waals surface area contributed by atoms with Gasteiger partial charge in [0.2, 0.25) is 18.2 Å². The van der Waals surface area contributed by atoms with Crippen molar-refractivity contribution in [2.75, 3.05) is 40.7 Å². The summed E-state index contributed by atoms with van der Waals surface area (Å²) in [6.45, 7) is 7.69. The molecule has 2 aromatic carbocycles. The SMILES string of the molecule is CCOc1cccc(OCC)c1C(=O)P(=O)(CC(C)C)C(=O)c1c(OC)cc(OC)cc1OC. The van der Waals surface area contributed by atoms with E-state index in [1.807, 2.05) is 0 Å². The molecular weight excluding hydrogens is 459 g/mol. The Bertz CT molecular complexity index is 1030. The van der Waals surface area contributed by atoms with Crippen LogP contribution in [0.15, 0.2) is 30.3 Å². The maximum Gasteiger partial charge on any atom is 0.236 e. The van der Waals surface area contributed by atoms with E-state index < -0.39 is 18.2 Å². The molecule has 0 bridgehead atoms. The van der Waals surface area contributed by atoms with Crippen molar-refractivity contribution in [2.24, 2.45) is 5.92 Å². The summed E-state index contributed by atoms with van der Waals surface area (Å²) in [7, 11) is -0.0383. The van der Waals surface area contributed by atoms with E-state index in [-0.39, 0.29) is 59.4 Å². The first-order valence-electron chi connectivity index (χ1n) is 11.1. The van der Waals surface area contributed by atoms with Gasteiger partial charge in [0.25, 0.3) is 0 Å². The van der Waals surface area contributed by atoms with Crippen LogP contribution in [0.5, 0.6) is 28.7 Å². The van der Waals surface area contributed by atoms with Gasteiger partial charge < -0.3 is 28.2 Å². The number of carbonyl (C=O) groups is 2. The molecule has 0 spiro atoms. The lowest BCUT2D eigenvalue weighted by Gasteiger charge is -2.23. The molecule has 1 unspecified atom stereocenters. The van der Waals surface area contributed by atoms with Crippen LogP contribution in [0.3, 0.4) is 0 Å². The van der Waals surface area contributed by atoms with Crippen molar-refractivity contribution in [3.05, 3.63) is 41.5 Å². The van der Waals surface area contributed by atoms with E-state index in [4.69, 9.17) is 23.7 Å². The Balaban J connectivity index is 2.80. The van der Waals surface area contributed by atoms with Gasteiger partial charge in [-0.25, -0.2) is 0 Å². The average molecular weight is 493 g/mol. The number of carbonyl (C=O) groups excluding carboxylic acids is 2. The standard InChI is InChI=1S/C25H33O8P/c1-8-32-18-11-10-12-19(33-9-2)22(18)24(26)34(28,15-16(3)4)25(27)23-20(30-6)13-17(29-5)14-21(23)31-7/h10-14,16H,8-9,15H2,1-7H3. The Hall–Kier alpha value is -2.99. The summed E-state index contributed by atoms with van der Waals surface area (Å²) in [6.07, 6.45) is -0.144. The molecule has 2 rings (SSSR count). The Kier molecular flexibility index (Phi) is 9.56. The van der Waals surface area contributed by atoms with E-state index in [1.54, 1.807) is 45.9 Å². The molecule has 2 aromatic rings. The second kappa shape index (κ2) is 11.9. The molecule has 34 heavy (non-hydrogen) atoms. The summed E-state index contributed by atoms with van der Waals surface area (Å²) < 4.78 is 41.8. The largest absolute Gasteiger partial charge is 0.496 e. The zero-order valence-electron chi connectivity index (χ0n) is 20.8. The predicted octanol–water partition coefficient (Wildman–Crippen LogP) is 5.51. The second-order valence-corrected chi connectivity index (χ2v) is 10.5.